The number of carbonyl (C=O) groups is 1. The number of fused-ring (bicyclic) bond motifs is 2. The Morgan fingerprint density at radius 3 is 2.71 bits per heavy atom. The summed E-state index contributed by atoms with van der Waals surface area (Å²) in [5, 5.41) is 9.21. The molecule has 2 fully saturated rings. The van der Waals surface area contributed by atoms with Crippen LogP contribution in [0.15, 0.2) is 47.4 Å². The van der Waals surface area contributed by atoms with Crippen LogP contribution in [0.5, 0.6) is 5.75 Å². The van der Waals surface area contributed by atoms with E-state index in [0.29, 0.717) is 29.0 Å². The number of hydrogen-bond acceptors (Lipinski definition) is 6. The summed E-state index contributed by atoms with van der Waals surface area (Å²) in [5.74, 6) is 1.06. The molecule has 3 atom stereocenters. The third kappa shape index (κ3) is 3.40. The summed E-state index contributed by atoms with van der Waals surface area (Å²) >= 11 is 0. The second-order valence-electron chi connectivity index (χ2n) is 8.14. The van der Waals surface area contributed by atoms with Crippen LogP contribution in [0, 0.1) is 17.7 Å². The first-order chi connectivity index (χ1) is 14.9. The highest BCUT2D eigenvalue weighted by atomic mass is 19.1. The van der Waals surface area contributed by atoms with Gasteiger partial charge in [-0.2, -0.15) is 0 Å². The molecule has 160 valence electrons. The lowest BCUT2D eigenvalue weighted by molar-refractivity contribution is 0.110. The maximum atomic E-state index is 13.4. The van der Waals surface area contributed by atoms with Crippen molar-refractivity contribution < 1.29 is 19.0 Å². The van der Waals surface area contributed by atoms with E-state index in [9.17, 15) is 14.0 Å². The third-order valence-corrected chi connectivity index (χ3v) is 6.36. The van der Waals surface area contributed by atoms with Crippen molar-refractivity contribution in [1.29, 1.82) is 0 Å². The smallest absolute Gasteiger partial charge is 0.449 e. The van der Waals surface area contributed by atoms with Gasteiger partial charge in [-0.3, -0.25) is 9.36 Å². The van der Waals surface area contributed by atoms with Crippen LogP contribution >= 0.6 is 0 Å². The standard InChI is InChI=1S/C22H21FN4O4/c23-13-1-3-14(4-2-13)27-11-18(31-22(29)30)20(28)15-5-6-19(25-21(15)27)26-8-7-12-9-17(24)16(12)10-26/h1-6,11-12,16-17H,7-10,24H2,(H,29,30)/t12-,16-,17+/m1/s1. The fourth-order valence-electron chi connectivity index (χ4n) is 4.66. The van der Waals surface area contributed by atoms with Gasteiger partial charge in [-0.15, -0.1) is 0 Å². The van der Waals surface area contributed by atoms with Crippen molar-refractivity contribution in [3.8, 4) is 11.4 Å². The number of rotatable bonds is 3. The molecule has 3 aromatic rings. The van der Waals surface area contributed by atoms with E-state index in [4.69, 9.17) is 15.8 Å². The highest BCUT2D eigenvalue weighted by Gasteiger charge is 2.42. The van der Waals surface area contributed by atoms with Gasteiger partial charge in [0.25, 0.3) is 0 Å². The highest BCUT2D eigenvalue weighted by molar-refractivity contribution is 5.81. The number of nitrogens with zero attached hydrogens (tertiary/aromatic N) is 3. The number of carboxylic acid groups (broad SMARTS) is 1. The van der Waals surface area contributed by atoms with Crippen LogP contribution < -0.4 is 20.8 Å². The number of hydrogen-bond donors (Lipinski definition) is 2. The number of halogens is 1. The van der Waals surface area contributed by atoms with Crippen LogP contribution in [0.25, 0.3) is 16.7 Å². The molecule has 1 saturated carbocycles. The number of ether oxygens (including phenoxy) is 1. The fraction of sp³-hybridized carbons (Fsp3) is 0.318. The van der Waals surface area contributed by atoms with E-state index in [-0.39, 0.29) is 17.2 Å². The van der Waals surface area contributed by atoms with Gasteiger partial charge in [-0.05, 0) is 61.1 Å². The number of pyridine rings is 2. The Morgan fingerprint density at radius 2 is 2.00 bits per heavy atom. The van der Waals surface area contributed by atoms with Crippen LogP contribution in [-0.4, -0.2) is 39.9 Å². The zero-order valence-electron chi connectivity index (χ0n) is 16.6. The second-order valence-corrected chi connectivity index (χ2v) is 8.14. The normalized spacial score (nSPS) is 22.6. The molecule has 0 spiro atoms. The molecule has 0 radical (unpaired) electrons. The molecule has 1 saturated heterocycles. The Hall–Kier alpha value is -3.46. The maximum absolute atomic E-state index is 13.4. The molecular formula is C22H21FN4O4. The molecule has 0 amide bonds. The molecule has 0 bridgehead atoms. The topological polar surface area (TPSA) is 111 Å². The summed E-state index contributed by atoms with van der Waals surface area (Å²) in [6.45, 7) is 1.67. The van der Waals surface area contributed by atoms with Crippen molar-refractivity contribution >= 4 is 23.0 Å². The van der Waals surface area contributed by atoms with Crippen molar-refractivity contribution in [1.82, 2.24) is 9.55 Å². The third-order valence-electron chi connectivity index (χ3n) is 6.36. The van der Waals surface area contributed by atoms with E-state index >= 15 is 0 Å². The van der Waals surface area contributed by atoms with Gasteiger partial charge in [0.05, 0.1) is 11.6 Å². The number of anilines is 1. The van der Waals surface area contributed by atoms with Gasteiger partial charge in [0.2, 0.25) is 5.43 Å². The van der Waals surface area contributed by atoms with Crippen LogP contribution in [0.2, 0.25) is 0 Å². The van der Waals surface area contributed by atoms with Crippen molar-refractivity contribution in [2.75, 3.05) is 18.0 Å². The molecule has 9 heteroatoms. The predicted molar refractivity (Wildman–Crippen MR) is 112 cm³/mol. The van der Waals surface area contributed by atoms with Crippen molar-refractivity contribution in [2.45, 2.75) is 18.9 Å². The molecular weight excluding hydrogens is 403 g/mol. The molecule has 1 aliphatic carbocycles. The molecule has 1 aliphatic heterocycles. The van der Waals surface area contributed by atoms with Crippen molar-refractivity contribution in [3.63, 3.8) is 0 Å². The number of nitrogens with two attached hydrogens (primary N) is 1. The average molecular weight is 424 g/mol. The van der Waals surface area contributed by atoms with Crippen LogP contribution in [-0.2, 0) is 0 Å². The zero-order valence-corrected chi connectivity index (χ0v) is 16.6. The number of benzene rings is 1. The van der Waals surface area contributed by atoms with Crippen molar-refractivity contribution in [3.05, 3.63) is 58.6 Å². The zero-order chi connectivity index (χ0) is 21.7. The first-order valence-corrected chi connectivity index (χ1v) is 10.1. The van der Waals surface area contributed by atoms with Gasteiger partial charge in [0.15, 0.2) is 11.4 Å². The Balaban J connectivity index is 1.63. The fourth-order valence-corrected chi connectivity index (χ4v) is 4.66. The minimum absolute atomic E-state index is 0.210. The second kappa shape index (κ2) is 7.35. The summed E-state index contributed by atoms with van der Waals surface area (Å²) < 4.78 is 19.7. The van der Waals surface area contributed by atoms with Gasteiger partial charge < -0.3 is 20.5 Å². The highest BCUT2D eigenvalue weighted by Crippen LogP contribution is 2.40. The van der Waals surface area contributed by atoms with Gasteiger partial charge in [0, 0.05) is 24.8 Å². The van der Waals surface area contributed by atoms with Crippen LogP contribution in [0.3, 0.4) is 0 Å². The Bertz CT molecular complexity index is 1230. The summed E-state index contributed by atoms with van der Waals surface area (Å²) in [4.78, 5) is 30.8. The summed E-state index contributed by atoms with van der Waals surface area (Å²) in [7, 11) is 0. The van der Waals surface area contributed by atoms with Gasteiger partial charge in [0.1, 0.15) is 11.6 Å². The molecule has 8 nitrogen and oxygen atoms in total. The SMILES string of the molecule is N[C@H]1C[C@H]2CCN(c3ccc4c(=O)c(OC(=O)O)cn(-c5ccc(F)cc5)c4n3)C[C@H]21. The summed E-state index contributed by atoms with van der Waals surface area (Å²) in [5.41, 5.74) is 6.45. The lowest BCUT2D eigenvalue weighted by Crippen LogP contribution is -2.56. The largest absolute Gasteiger partial charge is 0.511 e. The predicted octanol–water partition coefficient (Wildman–Crippen LogP) is 2.76. The molecule has 1 aromatic carbocycles. The average Bonchev–Trinajstić information content (AvgIpc) is 2.75. The van der Waals surface area contributed by atoms with E-state index in [1.165, 1.54) is 30.5 Å². The first-order valence-electron chi connectivity index (χ1n) is 10.1. The Kier molecular flexibility index (Phi) is 4.62. The number of piperidine rings is 1. The first kappa shape index (κ1) is 19.5. The molecule has 5 rings (SSSR count). The maximum Gasteiger partial charge on any atom is 0.511 e. The van der Waals surface area contributed by atoms with E-state index in [1.807, 2.05) is 0 Å². The van der Waals surface area contributed by atoms with E-state index in [0.717, 1.165) is 25.9 Å². The minimum Gasteiger partial charge on any atom is -0.449 e. The molecule has 3 N–H and O–H groups in total. The molecule has 0 unspecified atom stereocenters. The molecule has 3 heterocycles. The lowest BCUT2D eigenvalue weighted by Gasteiger charge is -2.50. The van der Waals surface area contributed by atoms with Crippen LogP contribution in [0.4, 0.5) is 15.0 Å². The Morgan fingerprint density at radius 1 is 1.23 bits per heavy atom. The minimum atomic E-state index is -1.59. The van der Waals surface area contributed by atoms with Gasteiger partial charge in [-0.1, -0.05) is 0 Å². The molecule has 31 heavy (non-hydrogen) atoms. The van der Waals surface area contributed by atoms with Crippen LogP contribution in [0.1, 0.15) is 12.8 Å². The van der Waals surface area contributed by atoms with Gasteiger partial charge >= 0.3 is 6.16 Å². The quantitative estimate of drug-likeness (QED) is 0.622. The van der Waals surface area contributed by atoms with E-state index < -0.39 is 17.4 Å². The Labute approximate surface area is 176 Å². The molecule has 2 aliphatic rings. The molecule has 2 aromatic heterocycles. The monoisotopic (exact) mass is 424 g/mol. The van der Waals surface area contributed by atoms with Gasteiger partial charge in [-0.25, -0.2) is 14.2 Å². The summed E-state index contributed by atoms with van der Waals surface area (Å²) in [6, 6.07) is 9.21. The lowest BCUT2D eigenvalue weighted by atomic mass is 9.66. The number of aromatic nitrogens is 2. The summed E-state index contributed by atoms with van der Waals surface area (Å²) in [6.07, 6.45) is 1.80. The van der Waals surface area contributed by atoms with Crippen molar-refractivity contribution in [2.24, 2.45) is 17.6 Å². The van der Waals surface area contributed by atoms with E-state index in [1.54, 1.807) is 16.7 Å². The van der Waals surface area contributed by atoms with E-state index in [2.05, 4.69) is 9.64 Å².